The van der Waals surface area contributed by atoms with Crippen LogP contribution in [-0.4, -0.2) is 63.0 Å². The molecule has 2 aromatic carbocycles. The summed E-state index contributed by atoms with van der Waals surface area (Å²) in [5, 5.41) is 5.84. The molecule has 4 heterocycles. The normalized spacial score (nSPS) is 16.7. The maximum absolute atomic E-state index is 6.36. The standard InChI is InChI=1S/C28H31N7O2/c1-17-13-18(2)25-22(14-17)32-28(37-25)20-8-6-19(7-9-20)24-23-26(29)30-16-31-27(23)35(33-24)21-5-4-10-34(15-21)11-12-36-3/h6-9,13-14,16,21H,4-5,10-12,15H2,1-3H3,(H2,29,30,31). The zero-order valence-electron chi connectivity index (χ0n) is 21.4. The zero-order chi connectivity index (χ0) is 25.5. The van der Waals surface area contributed by atoms with Crippen molar-refractivity contribution in [1.82, 2.24) is 29.6 Å². The molecule has 1 fully saturated rings. The van der Waals surface area contributed by atoms with Crippen LogP contribution in [0, 0.1) is 13.8 Å². The van der Waals surface area contributed by atoms with Gasteiger partial charge >= 0.3 is 0 Å². The number of ether oxygens (including phenoxy) is 1. The van der Waals surface area contributed by atoms with Crippen LogP contribution in [0.2, 0.25) is 0 Å². The number of hydrogen-bond donors (Lipinski definition) is 1. The van der Waals surface area contributed by atoms with Gasteiger partial charge in [0, 0.05) is 31.3 Å². The smallest absolute Gasteiger partial charge is 0.227 e. The molecule has 3 aromatic heterocycles. The summed E-state index contributed by atoms with van der Waals surface area (Å²) in [5.41, 5.74) is 13.7. The predicted molar refractivity (Wildman–Crippen MR) is 144 cm³/mol. The quantitative estimate of drug-likeness (QED) is 0.357. The minimum absolute atomic E-state index is 0.210. The van der Waals surface area contributed by atoms with E-state index in [9.17, 15) is 0 Å². The van der Waals surface area contributed by atoms with Gasteiger partial charge in [-0.2, -0.15) is 5.10 Å². The fraction of sp³-hybridized carbons (Fsp3) is 0.357. The molecule has 2 N–H and O–H groups in total. The predicted octanol–water partition coefficient (Wildman–Crippen LogP) is 4.78. The molecule has 1 aliphatic heterocycles. The molecule has 0 amide bonds. The van der Waals surface area contributed by atoms with Gasteiger partial charge in [0.05, 0.1) is 18.0 Å². The summed E-state index contributed by atoms with van der Waals surface area (Å²) in [6.07, 6.45) is 3.66. The molecule has 9 nitrogen and oxygen atoms in total. The number of anilines is 1. The molecule has 0 radical (unpaired) electrons. The lowest BCUT2D eigenvalue weighted by atomic mass is 10.1. The van der Waals surface area contributed by atoms with E-state index in [1.807, 2.05) is 41.9 Å². The van der Waals surface area contributed by atoms with Crippen molar-refractivity contribution in [2.24, 2.45) is 0 Å². The Hall–Kier alpha value is -3.82. The lowest BCUT2D eigenvalue weighted by Crippen LogP contribution is -2.38. The van der Waals surface area contributed by atoms with Crippen molar-refractivity contribution in [3.63, 3.8) is 0 Å². The second-order valence-electron chi connectivity index (χ2n) is 9.87. The Balaban J connectivity index is 1.36. The summed E-state index contributed by atoms with van der Waals surface area (Å²) in [4.78, 5) is 16.0. The van der Waals surface area contributed by atoms with Crippen LogP contribution in [0.25, 0.3) is 44.8 Å². The van der Waals surface area contributed by atoms with Crippen molar-refractivity contribution in [2.75, 3.05) is 39.1 Å². The number of nitrogen functional groups attached to an aromatic ring is 1. The topological polar surface area (TPSA) is 108 Å². The van der Waals surface area contributed by atoms with Gasteiger partial charge in [-0.05, 0) is 62.6 Å². The minimum atomic E-state index is 0.210. The number of fused-ring (bicyclic) bond motifs is 2. The highest BCUT2D eigenvalue weighted by molar-refractivity contribution is 5.98. The lowest BCUT2D eigenvalue weighted by molar-refractivity contribution is 0.114. The first-order valence-electron chi connectivity index (χ1n) is 12.7. The molecule has 6 rings (SSSR count). The highest BCUT2D eigenvalue weighted by Crippen LogP contribution is 2.35. The summed E-state index contributed by atoms with van der Waals surface area (Å²) in [7, 11) is 1.74. The van der Waals surface area contributed by atoms with E-state index in [1.54, 1.807) is 7.11 Å². The van der Waals surface area contributed by atoms with Gasteiger partial charge in [0.25, 0.3) is 0 Å². The molecule has 37 heavy (non-hydrogen) atoms. The minimum Gasteiger partial charge on any atom is -0.436 e. The Labute approximate surface area is 215 Å². The number of likely N-dealkylation sites (tertiary alicyclic amines) is 1. The number of benzene rings is 2. The van der Waals surface area contributed by atoms with Crippen LogP contribution in [0.3, 0.4) is 0 Å². The second kappa shape index (κ2) is 9.57. The molecule has 9 heteroatoms. The Morgan fingerprint density at radius 1 is 1.11 bits per heavy atom. The summed E-state index contributed by atoms with van der Waals surface area (Å²) in [5.74, 6) is 1.04. The van der Waals surface area contributed by atoms with Crippen molar-refractivity contribution >= 4 is 28.0 Å². The third-order valence-corrected chi connectivity index (χ3v) is 7.18. The van der Waals surface area contributed by atoms with Gasteiger partial charge in [-0.15, -0.1) is 0 Å². The van der Waals surface area contributed by atoms with Crippen molar-refractivity contribution in [1.29, 1.82) is 0 Å². The maximum atomic E-state index is 6.36. The van der Waals surface area contributed by atoms with E-state index < -0.39 is 0 Å². The number of piperidine rings is 1. The number of methoxy groups -OCH3 is 1. The zero-order valence-corrected chi connectivity index (χ0v) is 21.4. The number of aromatic nitrogens is 5. The number of hydrogen-bond acceptors (Lipinski definition) is 8. The monoisotopic (exact) mass is 497 g/mol. The number of aryl methyl sites for hydroxylation is 2. The molecule has 0 spiro atoms. The molecule has 1 aliphatic rings. The van der Waals surface area contributed by atoms with Gasteiger partial charge in [0.15, 0.2) is 11.2 Å². The summed E-state index contributed by atoms with van der Waals surface area (Å²) >= 11 is 0. The van der Waals surface area contributed by atoms with Gasteiger partial charge in [-0.1, -0.05) is 18.2 Å². The van der Waals surface area contributed by atoms with Gasteiger partial charge in [-0.3, -0.25) is 4.90 Å². The number of nitrogens with two attached hydrogens (primary N) is 1. The number of oxazole rings is 1. The van der Waals surface area contributed by atoms with Crippen LogP contribution in [0.1, 0.15) is 30.0 Å². The molecule has 0 bridgehead atoms. The Bertz CT molecular complexity index is 1570. The van der Waals surface area contributed by atoms with Gasteiger partial charge < -0.3 is 14.9 Å². The van der Waals surface area contributed by atoms with Crippen LogP contribution < -0.4 is 5.73 Å². The van der Waals surface area contributed by atoms with Gasteiger partial charge in [0.1, 0.15) is 23.4 Å². The Morgan fingerprint density at radius 2 is 1.92 bits per heavy atom. The SMILES string of the molecule is COCCN1CCCC(n2nc(-c3ccc(-c4nc5cc(C)cc(C)c5o4)cc3)c3c(N)ncnc32)C1. The number of nitrogens with zero attached hydrogens (tertiary/aromatic N) is 6. The largest absolute Gasteiger partial charge is 0.436 e. The van der Waals surface area contributed by atoms with Crippen molar-refractivity contribution in [3.05, 3.63) is 53.9 Å². The molecule has 190 valence electrons. The van der Waals surface area contributed by atoms with E-state index in [-0.39, 0.29) is 6.04 Å². The molecule has 5 aromatic rings. The van der Waals surface area contributed by atoms with E-state index in [1.165, 1.54) is 11.9 Å². The van der Waals surface area contributed by atoms with E-state index in [4.69, 9.17) is 25.0 Å². The van der Waals surface area contributed by atoms with Crippen molar-refractivity contribution in [2.45, 2.75) is 32.7 Å². The van der Waals surface area contributed by atoms with E-state index in [0.29, 0.717) is 11.7 Å². The van der Waals surface area contributed by atoms with Crippen molar-refractivity contribution in [3.8, 4) is 22.7 Å². The van der Waals surface area contributed by atoms with Crippen LogP contribution in [0.4, 0.5) is 5.82 Å². The first-order valence-corrected chi connectivity index (χ1v) is 12.7. The molecule has 0 aliphatic carbocycles. The average Bonchev–Trinajstić information content (AvgIpc) is 3.51. The summed E-state index contributed by atoms with van der Waals surface area (Å²) in [6, 6.07) is 12.5. The molecule has 0 saturated carbocycles. The van der Waals surface area contributed by atoms with Crippen LogP contribution in [-0.2, 0) is 4.74 Å². The fourth-order valence-electron chi connectivity index (χ4n) is 5.38. The Morgan fingerprint density at radius 3 is 2.73 bits per heavy atom. The fourth-order valence-corrected chi connectivity index (χ4v) is 5.38. The molecular formula is C28H31N7O2. The first-order chi connectivity index (χ1) is 18.0. The van der Waals surface area contributed by atoms with Gasteiger partial charge in [0.2, 0.25) is 5.89 Å². The highest BCUT2D eigenvalue weighted by atomic mass is 16.5. The number of rotatable bonds is 6. The Kier molecular flexibility index (Phi) is 6.10. The summed E-state index contributed by atoms with van der Waals surface area (Å²) in [6.45, 7) is 7.72. The van der Waals surface area contributed by atoms with E-state index >= 15 is 0 Å². The summed E-state index contributed by atoms with van der Waals surface area (Å²) < 4.78 is 13.4. The van der Waals surface area contributed by atoms with Crippen LogP contribution >= 0.6 is 0 Å². The maximum Gasteiger partial charge on any atom is 0.227 e. The van der Waals surface area contributed by atoms with Gasteiger partial charge in [-0.25, -0.2) is 19.6 Å². The van der Waals surface area contributed by atoms with Crippen molar-refractivity contribution < 1.29 is 9.15 Å². The first kappa shape index (κ1) is 23.6. The van der Waals surface area contributed by atoms with Crippen LogP contribution in [0.5, 0.6) is 0 Å². The van der Waals surface area contributed by atoms with E-state index in [0.717, 1.165) is 83.6 Å². The highest BCUT2D eigenvalue weighted by Gasteiger charge is 2.26. The van der Waals surface area contributed by atoms with E-state index in [2.05, 4.69) is 27.9 Å². The molecule has 1 unspecified atom stereocenters. The molecule has 1 saturated heterocycles. The lowest BCUT2D eigenvalue weighted by Gasteiger charge is -2.32. The third kappa shape index (κ3) is 4.34. The molecular weight excluding hydrogens is 466 g/mol. The average molecular weight is 498 g/mol. The molecule has 1 atom stereocenters. The van der Waals surface area contributed by atoms with Crippen LogP contribution in [0.15, 0.2) is 47.1 Å². The second-order valence-corrected chi connectivity index (χ2v) is 9.87. The third-order valence-electron chi connectivity index (χ3n) is 7.18.